The molecule has 3 heteroatoms. The molecule has 0 aliphatic rings. The van der Waals surface area contributed by atoms with Gasteiger partial charge in [0.2, 0.25) is 0 Å². The Labute approximate surface area is 115 Å². The molecular weight excluding hydrogens is 234 g/mol. The minimum Gasteiger partial charge on any atom is -0.373 e. The summed E-state index contributed by atoms with van der Waals surface area (Å²) in [7, 11) is 2.10. The maximum Gasteiger partial charge on any atom is 0.0550 e. The Morgan fingerprint density at radius 2 is 1.89 bits per heavy atom. The molecule has 100 valence electrons. The molecule has 0 amide bonds. The van der Waals surface area contributed by atoms with Crippen molar-refractivity contribution in [3.05, 3.63) is 59.9 Å². The Bertz CT molecular complexity index is 479. The van der Waals surface area contributed by atoms with E-state index in [1.165, 1.54) is 5.56 Å². The van der Waals surface area contributed by atoms with Crippen LogP contribution in [0.4, 0.5) is 5.69 Å². The van der Waals surface area contributed by atoms with E-state index in [1.54, 1.807) is 0 Å². The first-order chi connectivity index (χ1) is 9.29. The molecule has 1 heterocycles. The maximum absolute atomic E-state index is 5.54. The molecule has 0 atom stereocenters. The normalized spacial score (nSPS) is 10.4. The third kappa shape index (κ3) is 4.07. The Morgan fingerprint density at radius 1 is 1.11 bits per heavy atom. The van der Waals surface area contributed by atoms with Crippen LogP contribution in [0.15, 0.2) is 48.7 Å². The number of hydrogen-bond acceptors (Lipinski definition) is 3. The van der Waals surface area contributed by atoms with Gasteiger partial charge in [0, 0.05) is 20.1 Å². The standard InChI is InChI=1S/C16H21N3/c1-19(16-10-9-15(12-17)18-13-16)11-5-8-14-6-3-2-4-7-14/h2-4,6-7,9-10,13H,5,8,11-12,17H2,1H3. The fourth-order valence-electron chi connectivity index (χ4n) is 2.06. The number of pyridine rings is 1. The number of aryl methyl sites for hydroxylation is 1. The van der Waals surface area contributed by atoms with Crippen LogP contribution in [0.3, 0.4) is 0 Å². The summed E-state index contributed by atoms with van der Waals surface area (Å²) in [5.41, 5.74) is 9.02. The summed E-state index contributed by atoms with van der Waals surface area (Å²) in [6.07, 6.45) is 4.14. The van der Waals surface area contributed by atoms with Gasteiger partial charge in [-0.1, -0.05) is 30.3 Å². The smallest absolute Gasteiger partial charge is 0.0550 e. The summed E-state index contributed by atoms with van der Waals surface area (Å²) >= 11 is 0. The van der Waals surface area contributed by atoms with Crippen molar-refractivity contribution >= 4 is 5.69 Å². The minimum absolute atomic E-state index is 0.498. The second kappa shape index (κ2) is 6.90. The lowest BCUT2D eigenvalue weighted by Crippen LogP contribution is -2.19. The molecule has 0 aliphatic carbocycles. The molecular formula is C16H21N3. The monoisotopic (exact) mass is 255 g/mol. The van der Waals surface area contributed by atoms with Crippen LogP contribution in [0.5, 0.6) is 0 Å². The number of nitrogens with zero attached hydrogens (tertiary/aromatic N) is 2. The quantitative estimate of drug-likeness (QED) is 0.862. The third-order valence-electron chi connectivity index (χ3n) is 3.26. The fourth-order valence-corrected chi connectivity index (χ4v) is 2.06. The minimum atomic E-state index is 0.498. The largest absolute Gasteiger partial charge is 0.373 e. The average Bonchev–Trinajstić information content (AvgIpc) is 2.48. The van der Waals surface area contributed by atoms with Gasteiger partial charge in [-0.2, -0.15) is 0 Å². The van der Waals surface area contributed by atoms with Crippen molar-refractivity contribution in [2.24, 2.45) is 5.73 Å². The lowest BCUT2D eigenvalue weighted by Gasteiger charge is -2.19. The van der Waals surface area contributed by atoms with E-state index in [4.69, 9.17) is 5.73 Å². The molecule has 0 unspecified atom stereocenters. The topological polar surface area (TPSA) is 42.1 Å². The van der Waals surface area contributed by atoms with E-state index in [1.807, 2.05) is 12.3 Å². The molecule has 0 bridgehead atoms. The molecule has 0 saturated carbocycles. The molecule has 0 aliphatic heterocycles. The summed E-state index contributed by atoms with van der Waals surface area (Å²) < 4.78 is 0. The molecule has 0 radical (unpaired) electrons. The Morgan fingerprint density at radius 3 is 2.53 bits per heavy atom. The van der Waals surface area contributed by atoms with Crippen LogP contribution in [-0.2, 0) is 13.0 Å². The molecule has 0 saturated heterocycles. The lowest BCUT2D eigenvalue weighted by atomic mass is 10.1. The number of benzene rings is 1. The number of hydrogen-bond donors (Lipinski definition) is 1. The van der Waals surface area contributed by atoms with Gasteiger partial charge in [0.1, 0.15) is 0 Å². The third-order valence-corrected chi connectivity index (χ3v) is 3.26. The van der Waals surface area contributed by atoms with Gasteiger partial charge in [0.25, 0.3) is 0 Å². The second-order valence-electron chi connectivity index (χ2n) is 4.72. The SMILES string of the molecule is CN(CCCc1ccccc1)c1ccc(CN)nc1. The van der Waals surface area contributed by atoms with Crippen LogP contribution in [0.25, 0.3) is 0 Å². The van der Waals surface area contributed by atoms with Gasteiger partial charge in [0.05, 0.1) is 17.6 Å². The second-order valence-corrected chi connectivity index (χ2v) is 4.72. The zero-order chi connectivity index (χ0) is 13.5. The Balaban J connectivity index is 1.82. The van der Waals surface area contributed by atoms with E-state index in [0.717, 1.165) is 30.8 Å². The van der Waals surface area contributed by atoms with Gasteiger partial charge < -0.3 is 10.6 Å². The summed E-state index contributed by atoms with van der Waals surface area (Å²) in [6.45, 7) is 1.52. The van der Waals surface area contributed by atoms with E-state index < -0.39 is 0 Å². The van der Waals surface area contributed by atoms with E-state index in [9.17, 15) is 0 Å². The molecule has 1 aromatic heterocycles. The van der Waals surface area contributed by atoms with E-state index >= 15 is 0 Å². The average molecular weight is 255 g/mol. The van der Waals surface area contributed by atoms with Crippen molar-refractivity contribution in [3.8, 4) is 0 Å². The summed E-state index contributed by atoms with van der Waals surface area (Å²) in [5.74, 6) is 0. The zero-order valence-electron chi connectivity index (χ0n) is 11.4. The van der Waals surface area contributed by atoms with E-state index in [2.05, 4.69) is 53.3 Å². The van der Waals surface area contributed by atoms with Crippen molar-refractivity contribution < 1.29 is 0 Å². The first-order valence-electron chi connectivity index (χ1n) is 6.69. The Kier molecular flexibility index (Phi) is 4.93. The highest BCUT2D eigenvalue weighted by Gasteiger charge is 2.01. The molecule has 0 fully saturated rings. The van der Waals surface area contributed by atoms with E-state index in [0.29, 0.717) is 6.54 Å². The van der Waals surface area contributed by atoms with Crippen molar-refractivity contribution in [1.29, 1.82) is 0 Å². The van der Waals surface area contributed by atoms with Gasteiger partial charge >= 0.3 is 0 Å². The van der Waals surface area contributed by atoms with Gasteiger partial charge in [0.15, 0.2) is 0 Å². The number of anilines is 1. The highest BCUT2D eigenvalue weighted by atomic mass is 15.1. The van der Waals surface area contributed by atoms with Gasteiger partial charge in [-0.25, -0.2) is 0 Å². The number of nitrogens with two attached hydrogens (primary N) is 1. The predicted molar refractivity (Wildman–Crippen MR) is 80.2 cm³/mol. The van der Waals surface area contributed by atoms with Crippen LogP contribution in [0, 0.1) is 0 Å². The van der Waals surface area contributed by atoms with Crippen molar-refractivity contribution in [1.82, 2.24) is 4.98 Å². The van der Waals surface area contributed by atoms with Crippen molar-refractivity contribution in [2.45, 2.75) is 19.4 Å². The van der Waals surface area contributed by atoms with E-state index in [-0.39, 0.29) is 0 Å². The van der Waals surface area contributed by atoms with Gasteiger partial charge in [-0.15, -0.1) is 0 Å². The van der Waals surface area contributed by atoms with Crippen LogP contribution in [-0.4, -0.2) is 18.6 Å². The summed E-state index contributed by atoms with van der Waals surface area (Å²) in [5, 5.41) is 0. The highest BCUT2D eigenvalue weighted by Crippen LogP contribution is 2.12. The zero-order valence-corrected chi connectivity index (χ0v) is 11.4. The summed E-state index contributed by atoms with van der Waals surface area (Å²) in [4.78, 5) is 6.55. The molecule has 2 N–H and O–H groups in total. The van der Waals surface area contributed by atoms with Crippen LogP contribution in [0.2, 0.25) is 0 Å². The maximum atomic E-state index is 5.54. The number of rotatable bonds is 6. The molecule has 2 rings (SSSR count). The van der Waals surface area contributed by atoms with Gasteiger partial charge in [-0.05, 0) is 30.5 Å². The van der Waals surface area contributed by atoms with Crippen LogP contribution < -0.4 is 10.6 Å². The van der Waals surface area contributed by atoms with Crippen molar-refractivity contribution in [3.63, 3.8) is 0 Å². The highest BCUT2D eigenvalue weighted by molar-refractivity contribution is 5.43. The van der Waals surface area contributed by atoms with Gasteiger partial charge in [-0.3, -0.25) is 4.98 Å². The molecule has 19 heavy (non-hydrogen) atoms. The molecule has 1 aromatic carbocycles. The fraction of sp³-hybridized carbons (Fsp3) is 0.312. The van der Waals surface area contributed by atoms with Crippen molar-refractivity contribution in [2.75, 3.05) is 18.5 Å². The van der Waals surface area contributed by atoms with Crippen LogP contribution in [0.1, 0.15) is 17.7 Å². The summed E-state index contributed by atoms with van der Waals surface area (Å²) in [6, 6.07) is 14.7. The molecule has 2 aromatic rings. The predicted octanol–water partition coefficient (Wildman–Crippen LogP) is 2.61. The number of aromatic nitrogens is 1. The molecule has 3 nitrogen and oxygen atoms in total. The lowest BCUT2D eigenvalue weighted by molar-refractivity contribution is 0.783. The Hall–Kier alpha value is -1.87. The van der Waals surface area contributed by atoms with Crippen LogP contribution >= 0.6 is 0 Å². The first-order valence-corrected chi connectivity index (χ1v) is 6.69. The first kappa shape index (κ1) is 13.6. The molecule has 0 spiro atoms.